The molecule has 1 saturated heterocycles. The fourth-order valence-corrected chi connectivity index (χ4v) is 3.75. The van der Waals surface area contributed by atoms with Gasteiger partial charge in [0.15, 0.2) is 5.11 Å². The number of carbonyl (C=O) groups excluding carboxylic acids is 2. The highest BCUT2D eigenvalue weighted by Gasteiger charge is 2.17. The van der Waals surface area contributed by atoms with Crippen molar-refractivity contribution in [3.63, 3.8) is 0 Å². The van der Waals surface area contributed by atoms with Crippen molar-refractivity contribution in [3.8, 4) is 0 Å². The van der Waals surface area contributed by atoms with Gasteiger partial charge in [-0.3, -0.25) is 14.9 Å². The molecule has 0 atom stereocenters. The summed E-state index contributed by atoms with van der Waals surface area (Å²) in [6, 6.07) is 10.8. The molecule has 1 aliphatic rings. The Labute approximate surface area is 162 Å². The van der Waals surface area contributed by atoms with Crippen molar-refractivity contribution in [3.05, 3.63) is 52.2 Å². The van der Waals surface area contributed by atoms with Gasteiger partial charge in [0, 0.05) is 24.3 Å². The normalized spacial score (nSPS) is 14.4. The molecule has 136 valence electrons. The highest BCUT2D eigenvalue weighted by Crippen LogP contribution is 2.16. The van der Waals surface area contributed by atoms with Crippen LogP contribution in [0.5, 0.6) is 0 Å². The summed E-state index contributed by atoms with van der Waals surface area (Å²) in [4.78, 5) is 27.3. The molecule has 3 rings (SSSR count). The number of hydrogen-bond donors (Lipinski definition) is 2. The topological polar surface area (TPSA) is 61.4 Å². The van der Waals surface area contributed by atoms with E-state index in [9.17, 15) is 9.59 Å². The Hall–Kier alpha value is -2.25. The highest BCUT2D eigenvalue weighted by atomic mass is 32.1. The summed E-state index contributed by atoms with van der Waals surface area (Å²) in [5, 5.41) is 7.67. The van der Waals surface area contributed by atoms with Crippen LogP contribution in [0.1, 0.15) is 45.7 Å². The number of thiophene rings is 1. The van der Waals surface area contributed by atoms with E-state index < -0.39 is 0 Å². The molecule has 5 nitrogen and oxygen atoms in total. The van der Waals surface area contributed by atoms with Gasteiger partial charge in [0.25, 0.3) is 11.8 Å². The van der Waals surface area contributed by atoms with Crippen molar-refractivity contribution in [1.29, 1.82) is 0 Å². The second-order valence-electron chi connectivity index (χ2n) is 6.17. The van der Waals surface area contributed by atoms with Gasteiger partial charge in [0.1, 0.15) is 0 Å². The van der Waals surface area contributed by atoms with Crippen LogP contribution in [-0.2, 0) is 0 Å². The summed E-state index contributed by atoms with van der Waals surface area (Å²) in [5.41, 5.74) is 1.31. The lowest BCUT2D eigenvalue weighted by atomic mass is 10.1. The molecule has 2 N–H and O–H groups in total. The van der Waals surface area contributed by atoms with E-state index >= 15 is 0 Å². The van der Waals surface area contributed by atoms with Gasteiger partial charge >= 0.3 is 0 Å². The van der Waals surface area contributed by atoms with Crippen molar-refractivity contribution < 1.29 is 9.59 Å². The smallest absolute Gasteiger partial charge is 0.267 e. The van der Waals surface area contributed by atoms with Crippen LogP contribution in [0.3, 0.4) is 0 Å². The molecule has 0 aliphatic carbocycles. The monoisotopic (exact) mass is 387 g/mol. The average molecular weight is 388 g/mol. The fraction of sp³-hybridized carbons (Fsp3) is 0.316. The van der Waals surface area contributed by atoms with Gasteiger partial charge in [-0.15, -0.1) is 11.3 Å². The molecule has 1 aromatic carbocycles. The number of nitrogens with zero attached hydrogens (tertiary/aromatic N) is 1. The Bertz CT molecular complexity index is 782. The molecule has 7 heteroatoms. The quantitative estimate of drug-likeness (QED) is 0.785. The maximum atomic E-state index is 12.7. The summed E-state index contributed by atoms with van der Waals surface area (Å²) >= 11 is 6.56. The van der Waals surface area contributed by atoms with Crippen LogP contribution in [0, 0.1) is 0 Å². The molecule has 0 bridgehead atoms. The number of likely N-dealkylation sites (tertiary alicyclic amines) is 1. The van der Waals surface area contributed by atoms with Crippen LogP contribution in [0.2, 0.25) is 0 Å². The molecule has 1 aromatic heterocycles. The van der Waals surface area contributed by atoms with Crippen LogP contribution in [0.25, 0.3) is 0 Å². The molecule has 26 heavy (non-hydrogen) atoms. The van der Waals surface area contributed by atoms with E-state index in [4.69, 9.17) is 12.2 Å². The van der Waals surface area contributed by atoms with Gasteiger partial charge in [0.2, 0.25) is 0 Å². The maximum Gasteiger partial charge on any atom is 0.267 e. The third-order valence-electron chi connectivity index (χ3n) is 4.23. The fourth-order valence-electron chi connectivity index (χ4n) is 2.92. The third kappa shape index (κ3) is 4.89. The van der Waals surface area contributed by atoms with E-state index in [0.29, 0.717) is 16.1 Å². The van der Waals surface area contributed by atoms with E-state index in [-0.39, 0.29) is 16.9 Å². The van der Waals surface area contributed by atoms with Gasteiger partial charge in [-0.1, -0.05) is 25.0 Å². The van der Waals surface area contributed by atoms with Crippen LogP contribution >= 0.6 is 23.6 Å². The summed E-state index contributed by atoms with van der Waals surface area (Å²) in [6.45, 7) is 1.62. The second-order valence-corrected chi connectivity index (χ2v) is 7.53. The number of carbonyl (C=O) groups is 2. The van der Waals surface area contributed by atoms with Crippen molar-refractivity contribution in [2.24, 2.45) is 0 Å². The molecule has 0 saturated carbocycles. The maximum absolute atomic E-state index is 12.7. The predicted molar refractivity (Wildman–Crippen MR) is 109 cm³/mol. The van der Waals surface area contributed by atoms with E-state index in [1.165, 1.54) is 24.2 Å². The van der Waals surface area contributed by atoms with Gasteiger partial charge in [-0.2, -0.15) is 0 Å². The number of nitrogens with one attached hydrogen (secondary N) is 2. The summed E-state index contributed by atoms with van der Waals surface area (Å²) in [5.74, 6) is -0.196. The first-order valence-electron chi connectivity index (χ1n) is 8.68. The summed E-state index contributed by atoms with van der Waals surface area (Å²) in [6.07, 6.45) is 4.48. The number of amides is 2. The first kappa shape index (κ1) is 18.5. The standard InChI is InChI=1S/C19H21N3O2S2/c23-17(16-9-6-12-26-16)21-19(25)20-15-8-5-7-14(13-15)18(24)22-10-3-1-2-4-11-22/h5-9,12-13H,1-4,10-11H2,(H2,20,21,23,25). The molecule has 1 aliphatic heterocycles. The van der Waals surface area contributed by atoms with Crippen molar-refractivity contribution in [2.75, 3.05) is 18.4 Å². The zero-order chi connectivity index (χ0) is 18.4. The van der Waals surface area contributed by atoms with Crippen molar-refractivity contribution in [1.82, 2.24) is 10.2 Å². The predicted octanol–water partition coefficient (Wildman–Crippen LogP) is 3.89. The summed E-state index contributed by atoms with van der Waals surface area (Å²) in [7, 11) is 0. The minimum absolute atomic E-state index is 0.0455. The van der Waals surface area contributed by atoms with Gasteiger partial charge in [0.05, 0.1) is 4.88 Å². The van der Waals surface area contributed by atoms with Crippen LogP contribution in [0.15, 0.2) is 41.8 Å². The lowest BCUT2D eigenvalue weighted by Gasteiger charge is -2.20. The minimum atomic E-state index is -0.241. The SMILES string of the molecule is O=C(NC(=S)Nc1cccc(C(=O)N2CCCCCC2)c1)c1cccs1. The molecule has 2 heterocycles. The molecule has 0 spiro atoms. The Morgan fingerprint density at radius 2 is 1.81 bits per heavy atom. The van der Waals surface area contributed by atoms with E-state index in [0.717, 1.165) is 25.9 Å². The molecular weight excluding hydrogens is 366 g/mol. The number of hydrogen-bond acceptors (Lipinski definition) is 4. The van der Waals surface area contributed by atoms with Crippen molar-refractivity contribution >= 4 is 46.2 Å². The molecule has 2 amide bonds. The Kier molecular flexibility index (Phi) is 6.35. The third-order valence-corrected chi connectivity index (χ3v) is 5.31. The van der Waals surface area contributed by atoms with Crippen LogP contribution in [-0.4, -0.2) is 34.9 Å². The molecule has 0 unspecified atom stereocenters. The number of thiocarbonyl (C=S) groups is 1. The second kappa shape index (κ2) is 8.91. The van der Waals surface area contributed by atoms with E-state index in [1.807, 2.05) is 34.5 Å². The number of benzene rings is 1. The van der Waals surface area contributed by atoms with Gasteiger partial charge in [-0.25, -0.2) is 0 Å². The lowest BCUT2D eigenvalue weighted by molar-refractivity contribution is 0.0761. The zero-order valence-electron chi connectivity index (χ0n) is 14.4. The zero-order valence-corrected chi connectivity index (χ0v) is 16.0. The van der Waals surface area contributed by atoms with Gasteiger partial charge in [-0.05, 0) is 54.7 Å². The number of rotatable bonds is 3. The molecule has 1 fully saturated rings. The molecular formula is C19H21N3O2S2. The first-order chi connectivity index (χ1) is 12.6. The largest absolute Gasteiger partial charge is 0.339 e. The Morgan fingerprint density at radius 1 is 1.04 bits per heavy atom. The molecule has 0 radical (unpaired) electrons. The van der Waals surface area contributed by atoms with Crippen LogP contribution in [0.4, 0.5) is 5.69 Å². The minimum Gasteiger partial charge on any atom is -0.339 e. The Balaban J connectivity index is 1.62. The lowest BCUT2D eigenvalue weighted by Crippen LogP contribution is -2.34. The van der Waals surface area contributed by atoms with Crippen LogP contribution < -0.4 is 10.6 Å². The van der Waals surface area contributed by atoms with Crippen molar-refractivity contribution in [2.45, 2.75) is 25.7 Å². The van der Waals surface area contributed by atoms with E-state index in [2.05, 4.69) is 10.6 Å². The van der Waals surface area contributed by atoms with Gasteiger partial charge < -0.3 is 10.2 Å². The number of anilines is 1. The van der Waals surface area contributed by atoms with E-state index in [1.54, 1.807) is 12.1 Å². The Morgan fingerprint density at radius 3 is 2.50 bits per heavy atom. The summed E-state index contributed by atoms with van der Waals surface area (Å²) < 4.78 is 0. The molecule has 2 aromatic rings. The average Bonchev–Trinajstić information content (AvgIpc) is 3.04. The highest BCUT2D eigenvalue weighted by molar-refractivity contribution is 7.80. The first-order valence-corrected chi connectivity index (χ1v) is 9.97.